The van der Waals surface area contributed by atoms with Crippen molar-refractivity contribution in [1.82, 2.24) is 14.8 Å². The third-order valence-electron chi connectivity index (χ3n) is 3.97. The molecule has 4 aromatic rings. The number of fused-ring (bicyclic) bond motifs is 1. The second-order valence-electron chi connectivity index (χ2n) is 5.70. The first-order chi connectivity index (χ1) is 13.0. The van der Waals surface area contributed by atoms with E-state index >= 15 is 0 Å². The maximum absolute atomic E-state index is 12.5. The van der Waals surface area contributed by atoms with Gasteiger partial charge in [0, 0.05) is 23.2 Å². The molecule has 0 unspecified atom stereocenters. The highest BCUT2D eigenvalue weighted by Crippen LogP contribution is 2.23. The number of aromatic nitrogens is 3. The van der Waals surface area contributed by atoms with Crippen molar-refractivity contribution in [3.8, 4) is 11.5 Å². The fraction of sp³-hybridized carbons (Fsp3) is 0.111. The lowest BCUT2D eigenvalue weighted by molar-refractivity contribution is 0.0971. The highest BCUT2D eigenvalue weighted by atomic mass is 19.3. The first kappa shape index (κ1) is 16.8. The van der Waals surface area contributed by atoms with E-state index in [1.807, 2.05) is 0 Å². The van der Waals surface area contributed by atoms with Crippen LogP contribution in [0.15, 0.2) is 62.5 Å². The number of ketones is 1. The number of hydrogen-bond acceptors (Lipinski definition) is 6. The standard InChI is InChI=1S/C18H11F2N3O4/c19-16(20)18-22-21-17(27-18)10-5-6-23(15(25)7-10)8-13(24)12-9-26-14-4-2-1-3-11(12)14/h1-7,9,16H,8H2. The molecule has 27 heavy (non-hydrogen) atoms. The molecule has 4 rings (SSSR count). The van der Waals surface area contributed by atoms with Gasteiger partial charge < -0.3 is 13.4 Å². The molecule has 3 aromatic heterocycles. The summed E-state index contributed by atoms with van der Waals surface area (Å²) in [4.78, 5) is 24.8. The molecule has 0 saturated heterocycles. The van der Waals surface area contributed by atoms with Crippen molar-refractivity contribution in [2.45, 2.75) is 13.0 Å². The summed E-state index contributed by atoms with van der Waals surface area (Å²) >= 11 is 0. The highest BCUT2D eigenvalue weighted by Gasteiger charge is 2.18. The van der Waals surface area contributed by atoms with Crippen LogP contribution in [-0.4, -0.2) is 20.5 Å². The van der Waals surface area contributed by atoms with Gasteiger partial charge in [-0.3, -0.25) is 9.59 Å². The van der Waals surface area contributed by atoms with E-state index in [0.29, 0.717) is 16.5 Å². The average molecular weight is 371 g/mol. The third-order valence-corrected chi connectivity index (χ3v) is 3.97. The second kappa shape index (κ2) is 6.60. The topological polar surface area (TPSA) is 91.1 Å². The summed E-state index contributed by atoms with van der Waals surface area (Å²) in [6.07, 6.45) is -0.171. The molecule has 0 atom stereocenters. The number of halogens is 2. The number of rotatable bonds is 5. The number of Topliss-reactive ketones (excluding diaryl/α,β-unsaturated/α-hetero) is 1. The molecule has 1 aromatic carbocycles. The van der Waals surface area contributed by atoms with E-state index in [-0.39, 0.29) is 23.8 Å². The maximum Gasteiger partial charge on any atom is 0.314 e. The largest absolute Gasteiger partial charge is 0.464 e. The Bertz CT molecular complexity index is 1190. The summed E-state index contributed by atoms with van der Waals surface area (Å²) in [5, 5.41) is 7.37. The molecule has 0 spiro atoms. The zero-order chi connectivity index (χ0) is 19.0. The predicted octanol–water partition coefficient (Wildman–Crippen LogP) is 3.47. The van der Waals surface area contributed by atoms with Gasteiger partial charge in [0.25, 0.3) is 11.4 Å². The molecule has 0 radical (unpaired) electrons. The van der Waals surface area contributed by atoms with E-state index in [4.69, 9.17) is 8.83 Å². The smallest absolute Gasteiger partial charge is 0.314 e. The minimum atomic E-state index is -2.89. The fourth-order valence-corrected chi connectivity index (χ4v) is 2.64. The van der Waals surface area contributed by atoms with Crippen LogP contribution < -0.4 is 5.56 Å². The maximum atomic E-state index is 12.5. The fourth-order valence-electron chi connectivity index (χ4n) is 2.64. The zero-order valence-electron chi connectivity index (χ0n) is 13.6. The normalized spacial score (nSPS) is 11.4. The number of carbonyl (C=O) groups is 1. The van der Waals surface area contributed by atoms with E-state index < -0.39 is 17.9 Å². The van der Waals surface area contributed by atoms with Gasteiger partial charge in [0.2, 0.25) is 5.89 Å². The van der Waals surface area contributed by atoms with Gasteiger partial charge in [0.15, 0.2) is 5.78 Å². The molecule has 7 nitrogen and oxygen atoms in total. The molecule has 136 valence electrons. The second-order valence-corrected chi connectivity index (χ2v) is 5.70. The first-order valence-corrected chi connectivity index (χ1v) is 7.85. The van der Waals surface area contributed by atoms with Crippen LogP contribution in [0.4, 0.5) is 8.78 Å². The Morgan fingerprint density at radius 1 is 1.19 bits per heavy atom. The molecule has 9 heteroatoms. The van der Waals surface area contributed by atoms with Crippen molar-refractivity contribution in [3.05, 3.63) is 70.7 Å². The average Bonchev–Trinajstić information content (AvgIpc) is 3.30. The van der Waals surface area contributed by atoms with Crippen molar-refractivity contribution < 1.29 is 22.4 Å². The number of benzene rings is 1. The van der Waals surface area contributed by atoms with E-state index in [1.165, 1.54) is 23.1 Å². The number of furan rings is 1. The number of pyridine rings is 1. The highest BCUT2D eigenvalue weighted by molar-refractivity contribution is 6.06. The van der Waals surface area contributed by atoms with Gasteiger partial charge in [0.1, 0.15) is 11.8 Å². The first-order valence-electron chi connectivity index (χ1n) is 7.85. The molecule has 0 fully saturated rings. The molecule has 0 saturated carbocycles. The van der Waals surface area contributed by atoms with Crippen molar-refractivity contribution >= 4 is 16.8 Å². The summed E-state index contributed by atoms with van der Waals surface area (Å²) < 4.78 is 36.4. The van der Waals surface area contributed by atoms with E-state index in [9.17, 15) is 18.4 Å². The van der Waals surface area contributed by atoms with Crippen LogP contribution >= 0.6 is 0 Å². The molecule has 0 aliphatic heterocycles. The number of alkyl halides is 2. The summed E-state index contributed by atoms with van der Waals surface area (Å²) in [6.45, 7) is -0.200. The van der Waals surface area contributed by atoms with Gasteiger partial charge >= 0.3 is 6.43 Å². The van der Waals surface area contributed by atoms with Gasteiger partial charge in [-0.1, -0.05) is 18.2 Å². The predicted molar refractivity (Wildman–Crippen MR) is 89.5 cm³/mol. The minimum absolute atomic E-state index is 0.192. The lowest BCUT2D eigenvalue weighted by Gasteiger charge is -2.04. The number of nitrogens with zero attached hydrogens (tertiary/aromatic N) is 3. The van der Waals surface area contributed by atoms with Gasteiger partial charge in [-0.05, 0) is 12.1 Å². The lowest BCUT2D eigenvalue weighted by atomic mass is 10.1. The molecular formula is C18H11F2N3O4. The lowest BCUT2D eigenvalue weighted by Crippen LogP contribution is -2.23. The number of hydrogen-bond donors (Lipinski definition) is 0. The minimum Gasteiger partial charge on any atom is -0.464 e. The Hall–Kier alpha value is -3.62. The van der Waals surface area contributed by atoms with Crippen LogP contribution in [-0.2, 0) is 6.54 Å². The van der Waals surface area contributed by atoms with Crippen molar-refractivity contribution in [2.24, 2.45) is 0 Å². The van der Waals surface area contributed by atoms with E-state index in [1.54, 1.807) is 24.3 Å². The molecular weight excluding hydrogens is 360 g/mol. The Morgan fingerprint density at radius 2 is 2.00 bits per heavy atom. The Labute approximate surface area is 149 Å². The molecule has 0 bridgehead atoms. The van der Waals surface area contributed by atoms with Crippen LogP contribution in [0.1, 0.15) is 22.7 Å². The SMILES string of the molecule is O=C(Cn1ccc(-c2nnc(C(F)F)o2)cc1=O)c1coc2ccccc12. The number of para-hydroxylation sites is 1. The van der Waals surface area contributed by atoms with E-state index in [0.717, 1.165) is 6.07 Å². The number of carbonyl (C=O) groups excluding carboxylic acids is 1. The summed E-state index contributed by atoms with van der Waals surface area (Å²) in [5.41, 5.74) is 0.636. The molecule has 3 heterocycles. The zero-order valence-corrected chi connectivity index (χ0v) is 13.6. The van der Waals surface area contributed by atoms with Gasteiger partial charge in [-0.2, -0.15) is 8.78 Å². The van der Waals surface area contributed by atoms with Crippen LogP contribution in [0, 0.1) is 0 Å². The Kier molecular flexibility index (Phi) is 4.11. The van der Waals surface area contributed by atoms with Gasteiger partial charge in [-0.25, -0.2) is 0 Å². The van der Waals surface area contributed by atoms with Crippen molar-refractivity contribution in [3.63, 3.8) is 0 Å². The summed E-state index contributed by atoms with van der Waals surface area (Å²) in [5.74, 6) is -1.31. The monoisotopic (exact) mass is 371 g/mol. The Balaban J connectivity index is 1.59. The van der Waals surface area contributed by atoms with Crippen LogP contribution in [0.5, 0.6) is 0 Å². The summed E-state index contributed by atoms with van der Waals surface area (Å²) in [6, 6.07) is 9.65. The summed E-state index contributed by atoms with van der Waals surface area (Å²) in [7, 11) is 0. The van der Waals surface area contributed by atoms with Crippen LogP contribution in [0.2, 0.25) is 0 Å². The van der Waals surface area contributed by atoms with Gasteiger partial charge in [-0.15, -0.1) is 10.2 Å². The molecule has 0 aliphatic carbocycles. The quantitative estimate of drug-likeness (QED) is 0.499. The van der Waals surface area contributed by atoms with Gasteiger partial charge in [0.05, 0.1) is 12.1 Å². The third kappa shape index (κ3) is 3.14. The Morgan fingerprint density at radius 3 is 2.74 bits per heavy atom. The van der Waals surface area contributed by atoms with Crippen molar-refractivity contribution in [1.29, 1.82) is 0 Å². The van der Waals surface area contributed by atoms with Crippen LogP contribution in [0.3, 0.4) is 0 Å². The molecule has 0 amide bonds. The van der Waals surface area contributed by atoms with Crippen LogP contribution in [0.25, 0.3) is 22.4 Å². The van der Waals surface area contributed by atoms with Crippen molar-refractivity contribution in [2.75, 3.05) is 0 Å². The van der Waals surface area contributed by atoms with E-state index in [2.05, 4.69) is 10.2 Å². The molecule has 0 aliphatic rings. The molecule has 0 N–H and O–H groups in total.